The van der Waals surface area contributed by atoms with E-state index in [0.717, 1.165) is 19.3 Å². The van der Waals surface area contributed by atoms with Crippen LogP contribution in [0, 0.1) is 27.9 Å². The molecule has 0 heterocycles. The maximum Gasteiger partial charge on any atom is 0.271 e. The van der Waals surface area contributed by atoms with Gasteiger partial charge in [-0.25, -0.2) is 0 Å². The smallest absolute Gasteiger partial charge is 0.271 e. The summed E-state index contributed by atoms with van der Waals surface area (Å²) in [6.07, 6.45) is 3.21. The fourth-order valence-electron chi connectivity index (χ4n) is 3.65. The standard InChI is InChI=1S/C14H17N3O3.ClH/c15-13-9-5-4-8(6-9)12(13)14(18)16-10-2-1-3-11(7-10)17(19)20;/h1-3,7-9,12-13H,4-6,15H2,(H,16,18);1H. The Balaban J connectivity index is 0.00000161. The quantitative estimate of drug-likeness (QED) is 0.661. The zero-order valence-corrected chi connectivity index (χ0v) is 12.2. The minimum atomic E-state index is -0.473. The number of benzene rings is 1. The molecule has 2 aliphatic rings. The summed E-state index contributed by atoms with van der Waals surface area (Å²) in [5.41, 5.74) is 6.56. The van der Waals surface area contributed by atoms with E-state index in [1.165, 1.54) is 12.1 Å². The van der Waals surface area contributed by atoms with Crippen LogP contribution < -0.4 is 11.1 Å². The number of nitro benzene ring substituents is 1. The van der Waals surface area contributed by atoms with Gasteiger partial charge in [-0.2, -0.15) is 0 Å². The first-order chi connectivity index (χ1) is 9.56. The lowest BCUT2D eigenvalue weighted by Gasteiger charge is -2.26. The lowest BCUT2D eigenvalue weighted by Crippen LogP contribution is -2.42. The fourth-order valence-corrected chi connectivity index (χ4v) is 3.65. The Bertz CT molecular complexity index is 564. The number of carbonyl (C=O) groups excluding carboxylic acids is 1. The molecule has 4 unspecified atom stereocenters. The molecule has 1 aromatic rings. The van der Waals surface area contributed by atoms with Gasteiger partial charge in [-0.3, -0.25) is 14.9 Å². The molecule has 0 aliphatic heterocycles. The first-order valence-electron chi connectivity index (χ1n) is 6.87. The number of rotatable bonds is 3. The van der Waals surface area contributed by atoms with Crippen molar-refractivity contribution in [2.24, 2.45) is 23.5 Å². The number of anilines is 1. The summed E-state index contributed by atoms with van der Waals surface area (Å²) >= 11 is 0. The van der Waals surface area contributed by atoms with Crippen LogP contribution in [-0.2, 0) is 4.79 Å². The first-order valence-corrected chi connectivity index (χ1v) is 6.87. The van der Waals surface area contributed by atoms with Crippen LogP contribution >= 0.6 is 12.4 Å². The van der Waals surface area contributed by atoms with E-state index in [2.05, 4.69) is 5.32 Å². The number of carbonyl (C=O) groups is 1. The largest absolute Gasteiger partial charge is 0.327 e. The molecule has 114 valence electrons. The van der Waals surface area contributed by atoms with E-state index in [0.29, 0.717) is 17.5 Å². The molecule has 2 bridgehead atoms. The number of nitrogens with one attached hydrogen (secondary N) is 1. The monoisotopic (exact) mass is 311 g/mol. The Morgan fingerprint density at radius 3 is 2.67 bits per heavy atom. The van der Waals surface area contributed by atoms with Crippen LogP contribution in [0.3, 0.4) is 0 Å². The maximum atomic E-state index is 12.3. The highest BCUT2D eigenvalue weighted by molar-refractivity contribution is 5.93. The van der Waals surface area contributed by atoms with Gasteiger partial charge in [0.2, 0.25) is 5.91 Å². The molecule has 21 heavy (non-hydrogen) atoms. The summed E-state index contributed by atoms with van der Waals surface area (Å²) in [7, 11) is 0. The van der Waals surface area contributed by atoms with E-state index < -0.39 is 4.92 Å². The Morgan fingerprint density at radius 2 is 2.05 bits per heavy atom. The van der Waals surface area contributed by atoms with Gasteiger partial charge >= 0.3 is 0 Å². The van der Waals surface area contributed by atoms with Gasteiger partial charge in [-0.15, -0.1) is 12.4 Å². The van der Waals surface area contributed by atoms with Gasteiger partial charge in [0.1, 0.15) is 0 Å². The molecule has 7 heteroatoms. The second-order valence-electron chi connectivity index (χ2n) is 5.73. The van der Waals surface area contributed by atoms with Crippen molar-refractivity contribution in [1.82, 2.24) is 0 Å². The van der Waals surface area contributed by atoms with E-state index in [4.69, 9.17) is 5.73 Å². The van der Waals surface area contributed by atoms with Crippen LogP contribution in [-0.4, -0.2) is 16.9 Å². The molecule has 2 saturated carbocycles. The van der Waals surface area contributed by atoms with Crippen molar-refractivity contribution in [3.8, 4) is 0 Å². The summed E-state index contributed by atoms with van der Waals surface area (Å²) < 4.78 is 0. The Labute approximate surface area is 128 Å². The van der Waals surface area contributed by atoms with Crippen molar-refractivity contribution >= 4 is 29.7 Å². The number of amides is 1. The highest BCUT2D eigenvalue weighted by Gasteiger charge is 2.49. The summed E-state index contributed by atoms with van der Waals surface area (Å²) in [5.74, 6) is 0.563. The summed E-state index contributed by atoms with van der Waals surface area (Å²) in [4.78, 5) is 22.6. The molecule has 3 N–H and O–H groups in total. The second kappa shape index (κ2) is 5.99. The molecule has 1 amide bonds. The number of nitrogens with two attached hydrogens (primary N) is 1. The van der Waals surface area contributed by atoms with Gasteiger partial charge in [0.05, 0.1) is 10.8 Å². The van der Waals surface area contributed by atoms with Crippen molar-refractivity contribution in [3.05, 3.63) is 34.4 Å². The van der Waals surface area contributed by atoms with Gasteiger partial charge in [-0.05, 0) is 37.2 Å². The maximum absolute atomic E-state index is 12.3. The predicted molar refractivity (Wildman–Crippen MR) is 81.3 cm³/mol. The van der Waals surface area contributed by atoms with Crippen LogP contribution in [0.1, 0.15) is 19.3 Å². The topological polar surface area (TPSA) is 98.3 Å². The average molecular weight is 312 g/mol. The molecule has 4 atom stereocenters. The van der Waals surface area contributed by atoms with Gasteiger partial charge < -0.3 is 11.1 Å². The van der Waals surface area contributed by atoms with E-state index >= 15 is 0 Å². The van der Waals surface area contributed by atoms with E-state index in [-0.39, 0.29) is 36.0 Å². The summed E-state index contributed by atoms with van der Waals surface area (Å²) in [6, 6.07) is 5.92. The van der Waals surface area contributed by atoms with Crippen molar-refractivity contribution < 1.29 is 9.72 Å². The van der Waals surface area contributed by atoms with Crippen LogP contribution in [0.25, 0.3) is 0 Å². The average Bonchev–Trinajstić information content (AvgIpc) is 2.99. The molecule has 0 spiro atoms. The Kier molecular flexibility index (Phi) is 4.49. The van der Waals surface area contributed by atoms with Crippen molar-refractivity contribution in [1.29, 1.82) is 0 Å². The van der Waals surface area contributed by atoms with Gasteiger partial charge in [-0.1, -0.05) is 6.07 Å². The number of fused-ring (bicyclic) bond motifs is 2. The molecule has 0 radical (unpaired) electrons. The number of hydrogen-bond acceptors (Lipinski definition) is 4. The number of nitrogens with zero attached hydrogens (tertiary/aromatic N) is 1. The first kappa shape index (κ1) is 15.7. The third-order valence-corrected chi connectivity index (χ3v) is 4.61. The zero-order chi connectivity index (χ0) is 14.3. The van der Waals surface area contributed by atoms with E-state index in [1.54, 1.807) is 12.1 Å². The molecule has 0 aromatic heterocycles. The highest BCUT2D eigenvalue weighted by atomic mass is 35.5. The Hall–Kier alpha value is -1.66. The molecular weight excluding hydrogens is 294 g/mol. The molecule has 2 fully saturated rings. The highest BCUT2D eigenvalue weighted by Crippen LogP contribution is 2.47. The lowest BCUT2D eigenvalue weighted by atomic mass is 9.84. The van der Waals surface area contributed by atoms with Gasteiger partial charge in [0.25, 0.3) is 5.69 Å². The molecule has 6 nitrogen and oxygen atoms in total. The van der Waals surface area contributed by atoms with Crippen molar-refractivity contribution in [3.63, 3.8) is 0 Å². The SMILES string of the molecule is Cl.NC1C2CCC(C2)C1C(=O)Nc1cccc([N+](=O)[O-])c1. The third-order valence-electron chi connectivity index (χ3n) is 4.61. The molecule has 3 rings (SSSR count). The predicted octanol–water partition coefficient (Wildman–Crippen LogP) is 2.33. The normalized spacial score (nSPS) is 29.8. The zero-order valence-electron chi connectivity index (χ0n) is 11.4. The van der Waals surface area contributed by atoms with Crippen LogP contribution in [0.4, 0.5) is 11.4 Å². The fraction of sp³-hybridized carbons (Fsp3) is 0.500. The summed E-state index contributed by atoms with van der Waals surface area (Å²) in [5, 5.41) is 13.5. The number of nitro groups is 1. The minimum absolute atomic E-state index is 0. The van der Waals surface area contributed by atoms with E-state index in [9.17, 15) is 14.9 Å². The molecule has 1 aromatic carbocycles. The lowest BCUT2D eigenvalue weighted by molar-refractivity contribution is -0.384. The molecule has 0 saturated heterocycles. The van der Waals surface area contributed by atoms with Crippen LogP contribution in [0.15, 0.2) is 24.3 Å². The minimum Gasteiger partial charge on any atom is -0.327 e. The van der Waals surface area contributed by atoms with Crippen molar-refractivity contribution in [2.45, 2.75) is 25.3 Å². The van der Waals surface area contributed by atoms with Crippen molar-refractivity contribution in [2.75, 3.05) is 5.32 Å². The van der Waals surface area contributed by atoms with E-state index in [1.807, 2.05) is 0 Å². The van der Waals surface area contributed by atoms with Gasteiger partial charge in [0, 0.05) is 23.9 Å². The third kappa shape index (κ3) is 2.87. The number of non-ortho nitro benzene ring substituents is 1. The second-order valence-corrected chi connectivity index (χ2v) is 5.73. The van der Waals surface area contributed by atoms with Gasteiger partial charge in [0.15, 0.2) is 0 Å². The number of halogens is 1. The molecular formula is C14H18ClN3O3. The summed E-state index contributed by atoms with van der Waals surface area (Å²) in [6.45, 7) is 0. The van der Waals surface area contributed by atoms with Crippen LogP contribution in [0.5, 0.6) is 0 Å². The number of hydrogen-bond donors (Lipinski definition) is 2. The Morgan fingerprint density at radius 1 is 1.33 bits per heavy atom. The molecule has 2 aliphatic carbocycles. The van der Waals surface area contributed by atoms with Crippen LogP contribution in [0.2, 0.25) is 0 Å².